The first-order valence-corrected chi connectivity index (χ1v) is 10.8. The van der Waals surface area contributed by atoms with Crippen LogP contribution in [0.5, 0.6) is 5.75 Å². The van der Waals surface area contributed by atoms with Gasteiger partial charge in [0, 0.05) is 47.8 Å². The summed E-state index contributed by atoms with van der Waals surface area (Å²) in [5.41, 5.74) is 4.06. The maximum atomic E-state index is 13.1. The summed E-state index contributed by atoms with van der Waals surface area (Å²) in [6.45, 7) is 2.75. The molecule has 6 nitrogen and oxygen atoms in total. The van der Waals surface area contributed by atoms with Gasteiger partial charge in [-0.3, -0.25) is 14.4 Å². The van der Waals surface area contributed by atoms with E-state index < -0.39 is 11.9 Å². The fourth-order valence-corrected chi connectivity index (χ4v) is 4.98. The van der Waals surface area contributed by atoms with Crippen LogP contribution in [0.2, 0.25) is 0 Å². The van der Waals surface area contributed by atoms with E-state index in [1.807, 2.05) is 36.1 Å². The van der Waals surface area contributed by atoms with Crippen molar-refractivity contribution in [3.05, 3.63) is 52.4 Å². The number of rotatable bonds is 6. The molecule has 0 unspecified atom stereocenters. The molecule has 3 aliphatic rings. The predicted octanol–water partition coefficient (Wildman–Crippen LogP) is 3.97. The molecule has 158 valence electrons. The first-order chi connectivity index (χ1) is 14.5. The molecule has 4 rings (SSSR count). The second kappa shape index (κ2) is 8.46. The Kier molecular flexibility index (Phi) is 5.75. The van der Waals surface area contributed by atoms with Crippen molar-refractivity contribution in [2.24, 2.45) is 0 Å². The normalized spacial score (nSPS) is 19.7. The molecule has 1 heterocycles. The number of nitrogens with zero attached hydrogens (tertiary/aromatic N) is 1. The fourth-order valence-electron chi connectivity index (χ4n) is 4.98. The van der Waals surface area contributed by atoms with Crippen LogP contribution in [0.4, 0.5) is 0 Å². The van der Waals surface area contributed by atoms with Gasteiger partial charge in [0.25, 0.3) is 0 Å². The molecule has 1 aromatic rings. The molecule has 0 amide bonds. The van der Waals surface area contributed by atoms with Gasteiger partial charge < -0.3 is 14.7 Å². The number of carbonyl (C=O) groups excluding carboxylic acids is 2. The minimum atomic E-state index is -0.880. The van der Waals surface area contributed by atoms with Crippen LogP contribution in [0.25, 0.3) is 0 Å². The number of Topliss-reactive ketones (excluding diaryl/α,β-unsaturated/α-hetero) is 2. The number of hydrogen-bond donors (Lipinski definition) is 1. The summed E-state index contributed by atoms with van der Waals surface area (Å²) >= 11 is 0. The van der Waals surface area contributed by atoms with Gasteiger partial charge in [0.2, 0.25) is 0 Å². The van der Waals surface area contributed by atoms with E-state index in [9.17, 15) is 19.5 Å². The highest BCUT2D eigenvalue weighted by Gasteiger charge is 2.43. The molecular formula is C24H27NO5. The fraction of sp³-hybridized carbons (Fsp3) is 0.458. The van der Waals surface area contributed by atoms with Gasteiger partial charge in [0.15, 0.2) is 11.6 Å². The van der Waals surface area contributed by atoms with Crippen LogP contribution in [0.15, 0.2) is 46.8 Å². The summed E-state index contributed by atoms with van der Waals surface area (Å²) in [6.07, 6.45) is 3.86. The van der Waals surface area contributed by atoms with E-state index in [0.29, 0.717) is 37.1 Å². The summed E-state index contributed by atoms with van der Waals surface area (Å²) in [5, 5.41) is 9.24. The standard InChI is InChI=1S/C24H27NO5/c1-2-30-16-7-3-6-15(14-16)22-23-17(8-4-10-19(23)26)25(13-12-21(28)29)18-9-5-11-20(27)24(18)22/h3,6-7,14,22H,2,4-5,8-13H2,1H3,(H,28,29). The zero-order valence-corrected chi connectivity index (χ0v) is 17.3. The van der Waals surface area contributed by atoms with Crippen LogP contribution < -0.4 is 4.74 Å². The zero-order valence-electron chi connectivity index (χ0n) is 17.3. The molecule has 1 aromatic carbocycles. The van der Waals surface area contributed by atoms with E-state index in [2.05, 4.69) is 0 Å². The average molecular weight is 409 g/mol. The molecule has 0 bridgehead atoms. The third-order valence-electron chi connectivity index (χ3n) is 6.14. The summed E-state index contributed by atoms with van der Waals surface area (Å²) in [4.78, 5) is 39.5. The summed E-state index contributed by atoms with van der Waals surface area (Å²) in [7, 11) is 0. The number of carbonyl (C=O) groups is 3. The monoisotopic (exact) mass is 409 g/mol. The number of ether oxygens (including phenoxy) is 1. The topological polar surface area (TPSA) is 83.9 Å². The largest absolute Gasteiger partial charge is 0.494 e. The number of carboxylic acid groups (broad SMARTS) is 1. The maximum Gasteiger partial charge on any atom is 0.305 e. The van der Waals surface area contributed by atoms with Gasteiger partial charge in [-0.15, -0.1) is 0 Å². The van der Waals surface area contributed by atoms with Crippen molar-refractivity contribution < 1.29 is 24.2 Å². The van der Waals surface area contributed by atoms with E-state index >= 15 is 0 Å². The number of aliphatic carboxylic acids is 1. The lowest BCUT2D eigenvalue weighted by Crippen LogP contribution is -2.39. The van der Waals surface area contributed by atoms with Crippen molar-refractivity contribution in [1.29, 1.82) is 0 Å². The van der Waals surface area contributed by atoms with Crippen molar-refractivity contribution in [1.82, 2.24) is 4.90 Å². The second-order valence-corrected chi connectivity index (χ2v) is 8.01. The molecule has 0 saturated heterocycles. The number of allylic oxidation sites excluding steroid dienone is 4. The Morgan fingerprint density at radius 2 is 1.70 bits per heavy atom. The second-order valence-electron chi connectivity index (χ2n) is 8.01. The van der Waals surface area contributed by atoms with Crippen LogP contribution in [-0.2, 0) is 14.4 Å². The number of hydrogen-bond acceptors (Lipinski definition) is 5. The van der Waals surface area contributed by atoms with Crippen molar-refractivity contribution in [2.45, 2.75) is 57.8 Å². The van der Waals surface area contributed by atoms with E-state index in [4.69, 9.17) is 4.74 Å². The van der Waals surface area contributed by atoms with Gasteiger partial charge >= 0.3 is 5.97 Å². The van der Waals surface area contributed by atoms with E-state index in [1.165, 1.54) is 0 Å². The minimum Gasteiger partial charge on any atom is -0.494 e. The molecule has 30 heavy (non-hydrogen) atoms. The molecule has 0 radical (unpaired) electrons. The molecule has 0 saturated carbocycles. The highest BCUT2D eigenvalue weighted by Crippen LogP contribution is 2.49. The first kappa shape index (κ1) is 20.4. The van der Waals surface area contributed by atoms with Gasteiger partial charge in [-0.05, 0) is 50.3 Å². The van der Waals surface area contributed by atoms with Crippen molar-refractivity contribution >= 4 is 17.5 Å². The molecule has 0 atom stereocenters. The Balaban J connectivity index is 1.89. The van der Waals surface area contributed by atoms with E-state index in [-0.39, 0.29) is 18.0 Å². The maximum absolute atomic E-state index is 13.1. The van der Waals surface area contributed by atoms with Crippen molar-refractivity contribution in [2.75, 3.05) is 13.2 Å². The Bertz CT molecular complexity index is 914. The molecule has 6 heteroatoms. The van der Waals surface area contributed by atoms with Gasteiger partial charge in [0.1, 0.15) is 5.75 Å². The van der Waals surface area contributed by atoms with E-state index in [0.717, 1.165) is 48.4 Å². The molecular weight excluding hydrogens is 382 g/mol. The Morgan fingerprint density at radius 1 is 1.07 bits per heavy atom. The SMILES string of the molecule is CCOc1cccc(C2C3=C(CCCC3=O)N(CCC(=O)O)C3=C2C(=O)CCC3)c1. The number of benzene rings is 1. The predicted molar refractivity (Wildman–Crippen MR) is 111 cm³/mol. The number of carboxylic acids is 1. The van der Waals surface area contributed by atoms with Crippen LogP contribution in [-0.4, -0.2) is 40.7 Å². The third kappa shape index (κ3) is 3.66. The van der Waals surface area contributed by atoms with Crippen LogP contribution in [0.1, 0.15) is 63.4 Å². The lowest BCUT2D eigenvalue weighted by Gasteiger charge is -2.44. The Labute approximate surface area is 176 Å². The summed E-state index contributed by atoms with van der Waals surface area (Å²) < 4.78 is 5.67. The molecule has 0 spiro atoms. The molecule has 0 fully saturated rings. The smallest absolute Gasteiger partial charge is 0.305 e. The van der Waals surface area contributed by atoms with Crippen LogP contribution in [0.3, 0.4) is 0 Å². The minimum absolute atomic E-state index is 0.0273. The van der Waals surface area contributed by atoms with Crippen molar-refractivity contribution in [3.63, 3.8) is 0 Å². The summed E-state index contributed by atoms with van der Waals surface area (Å²) in [5.74, 6) is -0.423. The lowest BCUT2D eigenvalue weighted by molar-refractivity contribution is -0.137. The van der Waals surface area contributed by atoms with Gasteiger partial charge in [0.05, 0.1) is 13.0 Å². The van der Waals surface area contributed by atoms with E-state index in [1.54, 1.807) is 0 Å². The molecule has 1 N–H and O–H groups in total. The quantitative estimate of drug-likeness (QED) is 0.765. The lowest BCUT2D eigenvalue weighted by atomic mass is 9.71. The average Bonchev–Trinajstić information content (AvgIpc) is 2.72. The molecule has 1 aliphatic heterocycles. The van der Waals surface area contributed by atoms with Gasteiger partial charge in [-0.25, -0.2) is 0 Å². The van der Waals surface area contributed by atoms with Gasteiger partial charge in [-0.1, -0.05) is 12.1 Å². The molecule has 0 aromatic heterocycles. The highest BCUT2D eigenvalue weighted by molar-refractivity contribution is 6.06. The van der Waals surface area contributed by atoms with Crippen LogP contribution >= 0.6 is 0 Å². The molecule has 2 aliphatic carbocycles. The number of ketones is 2. The highest BCUT2D eigenvalue weighted by atomic mass is 16.5. The first-order valence-electron chi connectivity index (χ1n) is 10.8. The van der Waals surface area contributed by atoms with Gasteiger partial charge in [-0.2, -0.15) is 0 Å². The Hall–Kier alpha value is -2.89. The summed E-state index contributed by atoms with van der Waals surface area (Å²) in [6, 6.07) is 7.67. The third-order valence-corrected chi connectivity index (χ3v) is 6.14. The zero-order chi connectivity index (χ0) is 21.3. The van der Waals surface area contributed by atoms with Crippen molar-refractivity contribution in [3.8, 4) is 5.75 Å². The van der Waals surface area contributed by atoms with Crippen LogP contribution in [0, 0.1) is 0 Å². The Morgan fingerprint density at radius 3 is 2.27 bits per heavy atom.